The van der Waals surface area contributed by atoms with E-state index in [1.165, 1.54) is 0 Å². The highest BCUT2D eigenvalue weighted by Crippen LogP contribution is 2.17. The standard InChI is InChI=1S/C18H23N3O3/c1-13-12-20(17(23)24-18(2,3)4)9-10-21(13)16(22)15-7-5-14(11-19)6-8-15/h5-8,13H,9-10,12H2,1-4H3/t13-/m0/s1. The topological polar surface area (TPSA) is 73.6 Å². The van der Waals surface area contributed by atoms with Crippen molar-refractivity contribution in [2.45, 2.75) is 39.3 Å². The van der Waals surface area contributed by atoms with Gasteiger partial charge in [0, 0.05) is 31.2 Å². The van der Waals surface area contributed by atoms with E-state index in [0.29, 0.717) is 30.8 Å². The molecule has 6 heteroatoms. The van der Waals surface area contributed by atoms with Gasteiger partial charge in [-0.3, -0.25) is 4.79 Å². The summed E-state index contributed by atoms with van der Waals surface area (Å²) in [6, 6.07) is 8.52. The van der Waals surface area contributed by atoms with Crippen LogP contribution in [-0.4, -0.2) is 53.1 Å². The van der Waals surface area contributed by atoms with Crippen molar-refractivity contribution in [2.75, 3.05) is 19.6 Å². The summed E-state index contributed by atoms with van der Waals surface area (Å²) in [6.45, 7) is 8.76. The molecular weight excluding hydrogens is 306 g/mol. The van der Waals surface area contributed by atoms with Crippen molar-refractivity contribution in [1.29, 1.82) is 5.26 Å². The molecule has 2 rings (SSSR count). The molecule has 1 saturated heterocycles. The first kappa shape index (κ1) is 17.8. The summed E-state index contributed by atoms with van der Waals surface area (Å²) in [5.74, 6) is -0.0872. The summed E-state index contributed by atoms with van der Waals surface area (Å²) in [4.78, 5) is 28.2. The van der Waals surface area contributed by atoms with E-state index >= 15 is 0 Å². The van der Waals surface area contributed by atoms with Gasteiger partial charge < -0.3 is 14.5 Å². The highest BCUT2D eigenvalue weighted by molar-refractivity contribution is 5.94. The average Bonchev–Trinajstić information content (AvgIpc) is 2.52. The third-order valence-electron chi connectivity index (χ3n) is 3.80. The van der Waals surface area contributed by atoms with Crippen molar-refractivity contribution >= 4 is 12.0 Å². The van der Waals surface area contributed by atoms with Gasteiger partial charge in [0.05, 0.1) is 11.6 Å². The molecule has 6 nitrogen and oxygen atoms in total. The minimum Gasteiger partial charge on any atom is -0.444 e. The zero-order valence-electron chi connectivity index (χ0n) is 14.6. The lowest BCUT2D eigenvalue weighted by Crippen LogP contribution is -2.56. The predicted octanol–water partition coefficient (Wildman–Crippen LogP) is 2.64. The molecular formula is C18H23N3O3. The number of piperazine rings is 1. The van der Waals surface area contributed by atoms with Crippen LogP contribution in [0.25, 0.3) is 0 Å². The van der Waals surface area contributed by atoms with Gasteiger partial charge in [0.2, 0.25) is 0 Å². The monoisotopic (exact) mass is 329 g/mol. The van der Waals surface area contributed by atoms with Gasteiger partial charge in [0.15, 0.2) is 0 Å². The maximum Gasteiger partial charge on any atom is 0.410 e. The molecule has 0 aliphatic carbocycles. The molecule has 1 heterocycles. The van der Waals surface area contributed by atoms with Crippen LogP contribution in [0.2, 0.25) is 0 Å². The molecule has 0 spiro atoms. The van der Waals surface area contributed by atoms with Crippen molar-refractivity contribution in [3.8, 4) is 6.07 Å². The second-order valence-electron chi connectivity index (χ2n) is 6.96. The lowest BCUT2D eigenvalue weighted by Gasteiger charge is -2.40. The van der Waals surface area contributed by atoms with E-state index in [0.717, 1.165) is 0 Å². The molecule has 1 aromatic carbocycles. The van der Waals surface area contributed by atoms with Crippen molar-refractivity contribution in [1.82, 2.24) is 9.80 Å². The number of carbonyl (C=O) groups is 2. The number of hydrogen-bond acceptors (Lipinski definition) is 4. The first-order valence-corrected chi connectivity index (χ1v) is 8.00. The van der Waals surface area contributed by atoms with E-state index in [-0.39, 0.29) is 18.0 Å². The molecule has 128 valence electrons. The Balaban J connectivity index is 2.01. The molecule has 1 aromatic rings. The van der Waals surface area contributed by atoms with E-state index in [2.05, 4.69) is 0 Å². The van der Waals surface area contributed by atoms with Crippen molar-refractivity contribution in [3.63, 3.8) is 0 Å². The summed E-state index contributed by atoms with van der Waals surface area (Å²) in [5, 5.41) is 8.82. The molecule has 0 N–H and O–H groups in total. The van der Waals surface area contributed by atoms with Crippen LogP contribution in [0.15, 0.2) is 24.3 Å². The molecule has 0 bridgehead atoms. The van der Waals surface area contributed by atoms with Crippen LogP contribution in [-0.2, 0) is 4.74 Å². The molecule has 1 aliphatic heterocycles. The molecule has 1 fully saturated rings. The maximum atomic E-state index is 12.6. The second-order valence-corrected chi connectivity index (χ2v) is 6.96. The number of nitrogens with zero attached hydrogens (tertiary/aromatic N) is 3. The number of carbonyl (C=O) groups excluding carboxylic acids is 2. The first-order valence-electron chi connectivity index (χ1n) is 8.00. The van der Waals surface area contributed by atoms with Crippen molar-refractivity contribution < 1.29 is 14.3 Å². The van der Waals surface area contributed by atoms with Crippen LogP contribution < -0.4 is 0 Å². The lowest BCUT2D eigenvalue weighted by molar-refractivity contribution is 0.00617. The highest BCUT2D eigenvalue weighted by atomic mass is 16.6. The zero-order valence-corrected chi connectivity index (χ0v) is 14.6. The summed E-state index contributed by atoms with van der Waals surface area (Å²) in [5.41, 5.74) is 0.538. The smallest absolute Gasteiger partial charge is 0.410 e. The summed E-state index contributed by atoms with van der Waals surface area (Å²) >= 11 is 0. The van der Waals surface area contributed by atoms with Crippen LogP contribution in [0, 0.1) is 11.3 Å². The first-order chi connectivity index (χ1) is 11.2. The number of hydrogen-bond donors (Lipinski definition) is 0. The number of benzene rings is 1. The van der Waals surface area contributed by atoms with E-state index < -0.39 is 5.60 Å². The van der Waals surface area contributed by atoms with Crippen LogP contribution in [0.1, 0.15) is 43.6 Å². The quantitative estimate of drug-likeness (QED) is 0.794. The fourth-order valence-corrected chi connectivity index (χ4v) is 2.60. The zero-order chi connectivity index (χ0) is 17.9. The van der Waals surface area contributed by atoms with Gasteiger partial charge in [-0.05, 0) is 52.0 Å². The predicted molar refractivity (Wildman–Crippen MR) is 89.5 cm³/mol. The molecule has 0 aromatic heterocycles. The maximum absolute atomic E-state index is 12.6. The highest BCUT2D eigenvalue weighted by Gasteiger charge is 2.32. The minimum absolute atomic E-state index is 0.0872. The van der Waals surface area contributed by atoms with Crippen molar-refractivity contribution in [2.24, 2.45) is 0 Å². The van der Waals surface area contributed by atoms with Crippen molar-refractivity contribution in [3.05, 3.63) is 35.4 Å². The largest absolute Gasteiger partial charge is 0.444 e. The number of rotatable bonds is 1. The average molecular weight is 329 g/mol. The van der Waals surface area contributed by atoms with Gasteiger partial charge in [-0.15, -0.1) is 0 Å². The lowest BCUT2D eigenvalue weighted by atomic mass is 10.1. The van der Waals surface area contributed by atoms with Gasteiger partial charge in [0.1, 0.15) is 5.60 Å². The fourth-order valence-electron chi connectivity index (χ4n) is 2.60. The van der Waals surface area contributed by atoms with Crippen LogP contribution in [0.3, 0.4) is 0 Å². The van der Waals surface area contributed by atoms with Crippen LogP contribution >= 0.6 is 0 Å². The molecule has 0 radical (unpaired) electrons. The molecule has 1 atom stereocenters. The van der Waals surface area contributed by atoms with E-state index in [9.17, 15) is 9.59 Å². The Morgan fingerprint density at radius 2 is 1.83 bits per heavy atom. The molecule has 0 unspecified atom stereocenters. The van der Waals surface area contributed by atoms with Gasteiger partial charge in [-0.1, -0.05) is 0 Å². The van der Waals surface area contributed by atoms with Crippen LogP contribution in [0.5, 0.6) is 0 Å². The Kier molecular flexibility index (Phi) is 5.13. The Bertz CT molecular complexity index is 656. The molecule has 24 heavy (non-hydrogen) atoms. The Morgan fingerprint density at radius 1 is 1.21 bits per heavy atom. The number of nitriles is 1. The summed E-state index contributed by atoms with van der Waals surface area (Å²) in [6.07, 6.45) is -0.347. The fraction of sp³-hybridized carbons (Fsp3) is 0.500. The Hall–Kier alpha value is -2.55. The third-order valence-corrected chi connectivity index (χ3v) is 3.80. The second kappa shape index (κ2) is 6.91. The third kappa shape index (κ3) is 4.25. The van der Waals surface area contributed by atoms with Gasteiger partial charge in [-0.25, -0.2) is 4.79 Å². The Labute approximate surface area is 142 Å². The van der Waals surface area contributed by atoms with E-state index in [1.807, 2.05) is 33.8 Å². The molecule has 1 aliphatic rings. The number of amides is 2. The summed E-state index contributed by atoms with van der Waals surface area (Å²) < 4.78 is 5.38. The van der Waals surface area contributed by atoms with Gasteiger partial charge in [0.25, 0.3) is 5.91 Å². The minimum atomic E-state index is -0.532. The Morgan fingerprint density at radius 3 is 2.33 bits per heavy atom. The van der Waals surface area contributed by atoms with E-state index in [1.54, 1.807) is 34.1 Å². The molecule has 0 saturated carbocycles. The number of ether oxygens (including phenoxy) is 1. The van der Waals surface area contributed by atoms with E-state index in [4.69, 9.17) is 10.00 Å². The SMILES string of the molecule is C[C@H]1CN(C(=O)OC(C)(C)C)CCN1C(=O)c1ccc(C#N)cc1. The van der Waals surface area contributed by atoms with Gasteiger partial charge in [-0.2, -0.15) is 5.26 Å². The molecule has 2 amide bonds. The van der Waals surface area contributed by atoms with Gasteiger partial charge >= 0.3 is 6.09 Å². The summed E-state index contributed by atoms with van der Waals surface area (Å²) in [7, 11) is 0. The van der Waals surface area contributed by atoms with Crippen LogP contribution in [0.4, 0.5) is 4.79 Å². The normalized spacial score (nSPS) is 18.0.